The Balaban J connectivity index is 1.63. The standard InChI is InChI=1S/C17H33N3O2/c1-17(2,3)20-13-11-19(12-14-20)10-9-18-7-5-15(6-8-18)16(21)22-4/h15H,5-14H2,1-4H3. The first kappa shape index (κ1) is 17.7. The number of carbonyl (C=O) groups excluding carboxylic acids is 1. The third kappa shape index (κ3) is 4.93. The van der Waals surface area contributed by atoms with Gasteiger partial charge in [0.25, 0.3) is 0 Å². The molecule has 128 valence electrons. The lowest BCUT2D eigenvalue weighted by Gasteiger charge is -2.42. The van der Waals surface area contributed by atoms with E-state index in [-0.39, 0.29) is 11.9 Å². The van der Waals surface area contributed by atoms with E-state index in [0.717, 1.165) is 39.0 Å². The second kappa shape index (κ2) is 7.75. The largest absolute Gasteiger partial charge is 0.469 e. The Bertz CT molecular complexity index is 351. The molecule has 2 heterocycles. The van der Waals surface area contributed by atoms with Crippen molar-refractivity contribution >= 4 is 5.97 Å². The van der Waals surface area contributed by atoms with Gasteiger partial charge in [-0.25, -0.2) is 0 Å². The molecule has 0 radical (unpaired) electrons. The summed E-state index contributed by atoms with van der Waals surface area (Å²) in [5.41, 5.74) is 0.294. The van der Waals surface area contributed by atoms with Crippen molar-refractivity contribution in [1.82, 2.24) is 14.7 Å². The van der Waals surface area contributed by atoms with Crippen molar-refractivity contribution in [3.63, 3.8) is 0 Å². The van der Waals surface area contributed by atoms with Crippen LogP contribution in [0.3, 0.4) is 0 Å². The molecule has 0 N–H and O–H groups in total. The van der Waals surface area contributed by atoms with E-state index in [2.05, 4.69) is 35.5 Å². The van der Waals surface area contributed by atoms with E-state index in [1.54, 1.807) is 0 Å². The fourth-order valence-electron chi connectivity index (χ4n) is 3.48. The maximum Gasteiger partial charge on any atom is 0.308 e. The van der Waals surface area contributed by atoms with Gasteiger partial charge in [0.05, 0.1) is 13.0 Å². The highest BCUT2D eigenvalue weighted by Gasteiger charge is 2.27. The molecular formula is C17H33N3O2. The summed E-state index contributed by atoms with van der Waals surface area (Å²) >= 11 is 0. The topological polar surface area (TPSA) is 36.0 Å². The SMILES string of the molecule is COC(=O)C1CCN(CCN2CCN(C(C)(C)C)CC2)CC1. The summed E-state index contributed by atoms with van der Waals surface area (Å²) in [5, 5.41) is 0. The summed E-state index contributed by atoms with van der Waals surface area (Å²) in [6.45, 7) is 15.9. The second-order valence-corrected chi connectivity index (χ2v) is 7.64. The second-order valence-electron chi connectivity index (χ2n) is 7.64. The van der Waals surface area contributed by atoms with E-state index in [1.165, 1.54) is 33.3 Å². The molecule has 0 aliphatic carbocycles. The monoisotopic (exact) mass is 311 g/mol. The first-order valence-corrected chi connectivity index (χ1v) is 8.68. The Morgan fingerprint density at radius 1 is 0.955 bits per heavy atom. The van der Waals surface area contributed by atoms with Crippen LogP contribution in [0.5, 0.6) is 0 Å². The van der Waals surface area contributed by atoms with Gasteiger partial charge in [0.1, 0.15) is 0 Å². The maximum absolute atomic E-state index is 11.5. The number of carbonyl (C=O) groups is 1. The Hall–Kier alpha value is -0.650. The highest BCUT2D eigenvalue weighted by atomic mass is 16.5. The summed E-state index contributed by atoms with van der Waals surface area (Å²) < 4.78 is 4.85. The lowest BCUT2D eigenvalue weighted by atomic mass is 9.97. The summed E-state index contributed by atoms with van der Waals surface area (Å²) in [4.78, 5) is 19.2. The van der Waals surface area contributed by atoms with Crippen LogP contribution < -0.4 is 0 Å². The molecule has 0 amide bonds. The molecule has 2 rings (SSSR count). The van der Waals surface area contributed by atoms with Crippen molar-refractivity contribution in [2.45, 2.75) is 39.2 Å². The minimum Gasteiger partial charge on any atom is -0.469 e. The van der Waals surface area contributed by atoms with Gasteiger partial charge in [0.15, 0.2) is 0 Å². The summed E-state index contributed by atoms with van der Waals surface area (Å²) in [7, 11) is 1.49. The fourth-order valence-corrected chi connectivity index (χ4v) is 3.48. The number of methoxy groups -OCH3 is 1. The van der Waals surface area contributed by atoms with Crippen LogP contribution in [0.2, 0.25) is 0 Å². The zero-order valence-electron chi connectivity index (χ0n) is 14.8. The van der Waals surface area contributed by atoms with Crippen LogP contribution in [0.25, 0.3) is 0 Å². The normalized spacial score (nSPS) is 23.6. The first-order valence-electron chi connectivity index (χ1n) is 8.68. The van der Waals surface area contributed by atoms with Crippen molar-refractivity contribution in [3.05, 3.63) is 0 Å². The molecule has 0 aromatic heterocycles. The molecule has 5 heteroatoms. The third-order valence-corrected chi connectivity index (χ3v) is 5.18. The number of piperidine rings is 1. The molecule has 0 bridgehead atoms. The van der Waals surface area contributed by atoms with Crippen molar-refractivity contribution in [2.24, 2.45) is 5.92 Å². The van der Waals surface area contributed by atoms with Crippen LogP contribution in [-0.4, -0.2) is 85.7 Å². The van der Waals surface area contributed by atoms with Gasteiger partial charge in [-0.1, -0.05) is 0 Å². The molecule has 2 saturated heterocycles. The number of ether oxygens (including phenoxy) is 1. The smallest absolute Gasteiger partial charge is 0.308 e. The van der Waals surface area contributed by atoms with Gasteiger partial charge < -0.3 is 9.64 Å². The van der Waals surface area contributed by atoms with E-state index in [0.29, 0.717) is 5.54 Å². The van der Waals surface area contributed by atoms with Crippen LogP contribution in [-0.2, 0) is 9.53 Å². The van der Waals surface area contributed by atoms with Crippen LogP contribution >= 0.6 is 0 Å². The average Bonchev–Trinajstić information content (AvgIpc) is 2.52. The first-order chi connectivity index (χ1) is 10.4. The van der Waals surface area contributed by atoms with E-state index in [9.17, 15) is 4.79 Å². The lowest BCUT2D eigenvalue weighted by molar-refractivity contribution is -0.147. The molecular weight excluding hydrogens is 278 g/mol. The molecule has 2 aliphatic heterocycles. The van der Waals surface area contributed by atoms with Crippen LogP contribution in [0, 0.1) is 5.92 Å². The number of likely N-dealkylation sites (tertiary alicyclic amines) is 1. The molecule has 5 nitrogen and oxygen atoms in total. The molecule has 0 saturated carbocycles. The van der Waals surface area contributed by atoms with Crippen molar-refractivity contribution in [3.8, 4) is 0 Å². The van der Waals surface area contributed by atoms with Gasteiger partial charge in [0, 0.05) is 44.8 Å². The van der Waals surface area contributed by atoms with E-state index in [1.807, 2.05) is 0 Å². The van der Waals surface area contributed by atoms with Gasteiger partial charge >= 0.3 is 5.97 Å². The average molecular weight is 311 g/mol. The quantitative estimate of drug-likeness (QED) is 0.731. The molecule has 0 unspecified atom stereocenters. The van der Waals surface area contributed by atoms with Crippen LogP contribution in [0.15, 0.2) is 0 Å². The van der Waals surface area contributed by atoms with Crippen LogP contribution in [0.1, 0.15) is 33.6 Å². The number of piperazine rings is 1. The van der Waals surface area contributed by atoms with E-state index in [4.69, 9.17) is 4.74 Å². The minimum atomic E-state index is -0.0297. The van der Waals surface area contributed by atoms with Gasteiger partial charge in [0.2, 0.25) is 0 Å². The number of nitrogens with zero attached hydrogens (tertiary/aromatic N) is 3. The van der Waals surface area contributed by atoms with E-state index >= 15 is 0 Å². The molecule has 0 aromatic carbocycles. The number of rotatable bonds is 4. The zero-order chi connectivity index (χ0) is 16.2. The Kier molecular flexibility index (Phi) is 6.24. The highest BCUT2D eigenvalue weighted by Crippen LogP contribution is 2.19. The molecule has 2 aliphatic rings. The van der Waals surface area contributed by atoms with Crippen molar-refractivity contribution in [2.75, 3.05) is 59.5 Å². The van der Waals surface area contributed by atoms with Gasteiger partial charge in [-0.3, -0.25) is 14.6 Å². The maximum atomic E-state index is 11.5. The zero-order valence-corrected chi connectivity index (χ0v) is 14.8. The Morgan fingerprint density at radius 2 is 1.45 bits per heavy atom. The molecule has 0 spiro atoms. The highest BCUT2D eigenvalue weighted by molar-refractivity contribution is 5.72. The molecule has 22 heavy (non-hydrogen) atoms. The number of hydrogen-bond donors (Lipinski definition) is 0. The minimum absolute atomic E-state index is 0.0297. The van der Waals surface area contributed by atoms with E-state index < -0.39 is 0 Å². The van der Waals surface area contributed by atoms with Gasteiger partial charge in [-0.2, -0.15) is 0 Å². The van der Waals surface area contributed by atoms with Gasteiger partial charge in [-0.05, 0) is 46.7 Å². The lowest BCUT2D eigenvalue weighted by Crippen LogP contribution is -2.54. The number of esters is 1. The fraction of sp³-hybridized carbons (Fsp3) is 0.941. The molecule has 0 aromatic rings. The Labute approximate surface area is 135 Å². The van der Waals surface area contributed by atoms with Crippen molar-refractivity contribution in [1.29, 1.82) is 0 Å². The summed E-state index contributed by atoms with van der Waals surface area (Å²) in [5.74, 6) is 0.0922. The summed E-state index contributed by atoms with van der Waals surface area (Å²) in [6.07, 6.45) is 1.90. The third-order valence-electron chi connectivity index (χ3n) is 5.18. The molecule has 0 atom stereocenters. The van der Waals surface area contributed by atoms with Crippen LogP contribution in [0.4, 0.5) is 0 Å². The van der Waals surface area contributed by atoms with Crippen molar-refractivity contribution < 1.29 is 9.53 Å². The number of hydrogen-bond acceptors (Lipinski definition) is 5. The molecule has 2 fully saturated rings. The van der Waals surface area contributed by atoms with Gasteiger partial charge in [-0.15, -0.1) is 0 Å². The summed E-state index contributed by atoms with van der Waals surface area (Å²) in [6, 6.07) is 0. The predicted molar refractivity (Wildman–Crippen MR) is 88.9 cm³/mol. The Morgan fingerprint density at radius 3 is 1.91 bits per heavy atom. The predicted octanol–water partition coefficient (Wildman–Crippen LogP) is 1.29.